The summed E-state index contributed by atoms with van der Waals surface area (Å²) in [4.78, 5) is 40.9. The Morgan fingerprint density at radius 1 is 1.11 bits per heavy atom. The zero-order valence-electron chi connectivity index (χ0n) is 17.1. The summed E-state index contributed by atoms with van der Waals surface area (Å²) in [7, 11) is 0. The van der Waals surface area contributed by atoms with Crippen LogP contribution in [-0.4, -0.2) is 45.1 Å². The van der Waals surface area contributed by atoms with E-state index >= 15 is 0 Å². The van der Waals surface area contributed by atoms with Crippen LogP contribution in [0.5, 0.6) is 0 Å². The van der Waals surface area contributed by atoms with Crippen LogP contribution in [0, 0.1) is 5.92 Å². The summed E-state index contributed by atoms with van der Waals surface area (Å²) in [5.41, 5.74) is -0.0736. The van der Waals surface area contributed by atoms with Gasteiger partial charge in [-0.2, -0.15) is 0 Å². The normalized spacial score (nSPS) is 13.4. The molecule has 0 saturated carbocycles. The van der Waals surface area contributed by atoms with E-state index in [1.54, 1.807) is 0 Å². The Balaban J connectivity index is 2.92. The molecule has 0 aliphatic heterocycles. The molecule has 0 fully saturated rings. The summed E-state index contributed by atoms with van der Waals surface area (Å²) in [6.07, 6.45) is 1.18. The summed E-state index contributed by atoms with van der Waals surface area (Å²) >= 11 is 1.11. The van der Waals surface area contributed by atoms with Gasteiger partial charge in [-0.1, -0.05) is 53.9 Å². The third-order valence-electron chi connectivity index (χ3n) is 4.58. The molecular formula is C19H31N3O5S. The number of aliphatic hydroxyl groups excluding tert-OH is 1. The highest BCUT2D eigenvalue weighted by atomic mass is 32.1. The highest BCUT2D eigenvalue weighted by Crippen LogP contribution is 2.30. The lowest BCUT2D eigenvalue weighted by molar-refractivity contribution is -0.135. The summed E-state index contributed by atoms with van der Waals surface area (Å²) in [6, 6.07) is -0.832. The van der Waals surface area contributed by atoms with Crippen LogP contribution in [0.4, 0.5) is 5.13 Å². The first-order valence-corrected chi connectivity index (χ1v) is 10.5. The van der Waals surface area contributed by atoms with E-state index in [1.165, 1.54) is 0 Å². The smallest absolute Gasteiger partial charge is 0.355 e. The molecule has 0 saturated heterocycles. The van der Waals surface area contributed by atoms with Crippen molar-refractivity contribution in [3.8, 4) is 0 Å². The number of thiazole rings is 1. The number of carbonyl (C=O) groups excluding carboxylic acids is 2. The molecule has 158 valence electrons. The molecule has 8 nitrogen and oxygen atoms in total. The molecule has 1 aromatic heterocycles. The van der Waals surface area contributed by atoms with Gasteiger partial charge in [-0.05, 0) is 18.3 Å². The maximum Gasteiger partial charge on any atom is 0.355 e. The van der Waals surface area contributed by atoms with E-state index in [2.05, 4.69) is 15.6 Å². The van der Waals surface area contributed by atoms with Crippen molar-refractivity contribution in [2.45, 2.75) is 78.4 Å². The Bertz CT molecular complexity index is 685. The number of hydrogen-bond donors (Lipinski definition) is 4. The van der Waals surface area contributed by atoms with Gasteiger partial charge < -0.3 is 20.8 Å². The van der Waals surface area contributed by atoms with E-state index in [9.17, 15) is 24.6 Å². The topological polar surface area (TPSA) is 129 Å². The summed E-state index contributed by atoms with van der Waals surface area (Å²) in [6.45, 7) is 9.38. The molecular weight excluding hydrogens is 382 g/mol. The molecule has 0 spiro atoms. The number of amides is 2. The van der Waals surface area contributed by atoms with Crippen LogP contribution in [0.2, 0.25) is 0 Å². The molecule has 0 aliphatic rings. The molecule has 0 unspecified atom stereocenters. The van der Waals surface area contributed by atoms with E-state index < -0.39 is 29.9 Å². The Kier molecular flexibility index (Phi) is 9.54. The maximum absolute atomic E-state index is 12.6. The van der Waals surface area contributed by atoms with Crippen molar-refractivity contribution in [1.82, 2.24) is 10.3 Å². The second kappa shape index (κ2) is 11.1. The number of carboxylic acids is 1. The third-order valence-corrected chi connectivity index (χ3v) is 5.86. The van der Waals surface area contributed by atoms with E-state index in [-0.39, 0.29) is 22.7 Å². The molecule has 2 atom stereocenters. The summed E-state index contributed by atoms with van der Waals surface area (Å²) in [5, 5.41) is 24.9. The minimum Gasteiger partial charge on any atom is -0.476 e. The van der Waals surface area contributed by atoms with Crippen molar-refractivity contribution >= 4 is 34.3 Å². The van der Waals surface area contributed by atoms with Crippen LogP contribution in [0.15, 0.2) is 0 Å². The Morgan fingerprint density at radius 3 is 2.14 bits per heavy atom. The van der Waals surface area contributed by atoms with Crippen LogP contribution in [0.3, 0.4) is 0 Å². The average Bonchev–Trinajstić information content (AvgIpc) is 3.06. The minimum absolute atomic E-state index is 0.0458. The minimum atomic E-state index is -1.17. The number of aromatic nitrogens is 1. The fourth-order valence-electron chi connectivity index (χ4n) is 2.89. The van der Waals surface area contributed by atoms with E-state index in [0.717, 1.165) is 11.3 Å². The molecule has 0 bridgehead atoms. The Hall–Kier alpha value is -2.00. The first kappa shape index (κ1) is 24.0. The number of carboxylic acid groups (broad SMARTS) is 1. The van der Waals surface area contributed by atoms with Crippen LogP contribution >= 0.6 is 11.3 Å². The highest BCUT2D eigenvalue weighted by molar-refractivity contribution is 7.16. The second-order valence-electron chi connectivity index (χ2n) is 7.05. The molecule has 1 aromatic rings. The second-order valence-corrected chi connectivity index (χ2v) is 8.08. The first-order valence-electron chi connectivity index (χ1n) is 9.69. The van der Waals surface area contributed by atoms with Crippen molar-refractivity contribution in [2.24, 2.45) is 5.92 Å². The average molecular weight is 414 g/mol. The van der Waals surface area contributed by atoms with Crippen molar-refractivity contribution in [3.63, 3.8) is 0 Å². The molecule has 4 N–H and O–H groups in total. The third kappa shape index (κ3) is 6.27. The zero-order valence-corrected chi connectivity index (χ0v) is 17.9. The summed E-state index contributed by atoms with van der Waals surface area (Å²) < 4.78 is 0. The number of hydrogen-bond acceptors (Lipinski definition) is 6. The number of rotatable bonds is 11. The fourth-order valence-corrected chi connectivity index (χ4v) is 3.85. The van der Waals surface area contributed by atoms with E-state index in [0.29, 0.717) is 30.6 Å². The van der Waals surface area contributed by atoms with Gasteiger partial charge in [-0.15, -0.1) is 11.3 Å². The monoisotopic (exact) mass is 413 g/mol. The number of nitrogens with zero attached hydrogens (tertiary/aromatic N) is 1. The SMILES string of the molecule is CCC[C@H](NC(=O)[C@@H](O)C(CC)CC)C(=O)Nc1nc(C(=O)O)c(C(C)C)s1. The van der Waals surface area contributed by atoms with Gasteiger partial charge in [0.05, 0.1) is 0 Å². The van der Waals surface area contributed by atoms with Crippen molar-refractivity contribution in [3.05, 3.63) is 10.6 Å². The number of nitrogens with one attached hydrogen (secondary N) is 2. The lowest BCUT2D eigenvalue weighted by Crippen LogP contribution is -2.49. The van der Waals surface area contributed by atoms with E-state index in [1.807, 2.05) is 34.6 Å². The molecule has 0 radical (unpaired) electrons. The molecule has 1 rings (SSSR count). The van der Waals surface area contributed by atoms with Gasteiger partial charge in [0.25, 0.3) is 0 Å². The van der Waals surface area contributed by atoms with Crippen LogP contribution < -0.4 is 10.6 Å². The van der Waals surface area contributed by atoms with Crippen LogP contribution in [0.1, 0.15) is 81.6 Å². The maximum atomic E-state index is 12.6. The molecule has 1 heterocycles. The number of carbonyl (C=O) groups is 3. The zero-order chi connectivity index (χ0) is 21.4. The fraction of sp³-hybridized carbons (Fsp3) is 0.684. The number of aromatic carboxylic acids is 1. The van der Waals surface area contributed by atoms with Gasteiger partial charge in [0, 0.05) is 4.88 Å². The predicted octanol–water partition coefficient (Wildman–Crippen LogP) is 2.99. The van der Waals surface area contributed by atoms with Crippen molar-refractivity contribution in [2.75, 3.05) is 5.32 Å². The van der Waals surface area contributed by atoms with Gasteiger partial charge in [0.15, 0.2) is 10.8 Å². The van der Waals surface area contributed by atoms with Gasteiger partial charge in [-0.25, -0.2) is 9.78 Å². The number of anilines is 1. The highest BCUT2D eigenvalue weighted by Gasteiger charge is 2.29. The first-order chi connectivity index (χ1) is 13.2. The van der Waals surface area contributed by atoms with Gasteiger partial charge in [0.2, 0.25) is 11.8 Å². The van der Waals surface area contributed by atoms with Gasteiger partial charge >= 0.3 is 5.97 Å². The van der Waals surface area contributed by atoms with Gasteiger partial charge in [-0.3, -0.25) is 9.59 Å². The molecule has 28 heavy (non-hydrogen) atoms. The lowest BCUT2D eigenvalue weighted by Gasteiger charge is -2.23. The predicted molar refractivity (Wildman–Crippen MR) is 109 cm³/mol. The van der Waals surface area contributed by atoms with Crippen LogP contribution in [0.25, 0.3) is 0 Å². The Labute approximate surface area is 169 Å². The standard InChI is InChI=1S/C19H31N3O5S/c1-6-9-12(20-17(25)14(23)11(7-2)8-3)16(24)22-19-21-13(18(26)27)15(28-19)10(4)5/h10-12,14,23H,6-9H2,1-5H3,(H,20,25)(H,26,27)(H,21,22,24)/t12-,14-/m0/s1. The molecule has 2 amide bonds. The summed E-state index contributed by atoms with van der Waals surface area (Å²) in [5.74, 6) is -2.41. The lowest BCUT2D eigenvalue weighted by atomic mass is 9.95. The van der Waals surface area contributed by atoms with Gasteiger partial charge in [0.1, 0.15) is 12.1 Å². The van der Waals surface area contributed by atoms with Crippen molar-refractivity contribution < 1.29 is 24.6 Å². The molecule has 0 aromatic carbocycles. The quantitative estimate of drug-likeness (QED) is 0.441. The van der Waals surface area contributed by atoms with Crippen molar-refractivity contribution in [1.29, 1.82) is 0 Å². The molecule has 0 aliphatic carbocycles. The largest absolute Gasteiger partial charge is 0.476 e. The van der Waals surface area contributed by atoms with Crippen LogP contribution in [-0.2, 0) is 9.59 Å². The molecule has 9 heteroatoms. The number of aliphatic hydroxyl groups is 1. The van der Waals surface area contributed by atoms with E-state index in [4.69, 9.17) is 0 Å². The Morgan fingerprint density at radius 2 is 1.71 bits per heavy atom.